The summed E-state index contributed by atoms with van der Waals surface area (Å²) in [6, 6.07) is 5.03. The molecule has 29 heavy (non-hydrogen) atoms. The summed E-state index contributed by atoms with van der Waals surface area (Å²) >= 11 is 1.24. The minimum atomic E-state index is -4.33. The second-order valence-corrected chi connectivity index (χ2v) is 9.52. The zero-order chi connectivity index (χ0) is 20.8. The zero-order valence-corrected chi connectivity index (χ0v) is 16.9. The van der Waals surface area contributed by atoms with Gasteiger partial charge in [-0.05, 0) is 49.6 Å². The first-order valence-electron chi connectivity index (χ1n) is 9.00. The zero-order valence-electron chi connectivity index (χ0n) is 15.3. The van der Waals surface area contributed by atoms with Crippen molar-refractivity contribution >= 4 is 56.0 Å². The monoisotopic (exact) mass is 435 g/mol. The highest BCUT2D eigenvalue weighted by Gasteiger charge is 2.50. The van der Waals surface area contributed by atoms with E-state index in [-0.39, 0.29) is 20.9 Å². The van der Waals surface area contributed by atoms with Crippen LogP contribution >= 0.6 is 11.3 Å². The number of nitrogens with zero attached hydrogens (tertiary/aromatic N) is 2. The van der Waals surface area contributed by atoms with Crippen LogP contribution in [0.25, 0.3) is 6.08 Å². The number of nitrogen functional groups attached to an aromatic ring is 1. The molecule has 1 spiro atoms. The SMILES string of the molecule is Nc1nc2c(s1)C=C(C(=O)Nc1ccc(S(=O)(=O)O)cc1)C(=O)[N+]21CCCCC1. The number of nitrogens with two attached hydrogens (primary N) is 1. The van der Waals surface area contributed by atoms with Gasteiger partial charge in [-0.3, -0.25) is 9.35 Å². The van der Waals surface area contributed by atoms with E-state index < -0.39 is 16.0 Å². The van der Waals surface area contributed by atoms with E-state index in [4.69, 9.17) is 10.3 Å². The Hall–Kier alpha value is -2.60. The van der Waals surface area contributed by atoms with E-state index in [0.29, 0.717) is 34.6 Å². The van der Waals surface area contributed by atoms with Gasteiger partial charge >= 0.3 is 5.91 Å². The van der Waals surface area contributed by atoms with E-state index in [1.165, 1.54) is 41.7 Å². The highest BCUT2D eigenvalue weighted by Crippen LogP contribution is 2.41. The van der Waals surface area contributed by atoms with Crippen molar-refractivity contribution in [2.24, 2.45) is 0 Å². The van der Waals surface area contributed by atoms with Crippen LogP contribution in [0.3, 0.4) is 0 Å². The molecule has 1 aromatic heterocycles. The van der Waals surface area contributed by atoms with Gasteiger partial charge in [0.1, 0.15) is 10.5 Å². The number of carbonyl (C=O) groups excluding carboxylic acids is 2. The van der Waals surface area contributed by atoms with Crippen LogP contribution in [0, 0.1) is 0 Å². The molecule has 9 nitrogen and oxygen atoms in total. The summed E-state index contributed by atoms with van der Waals surface area (Å²) in [6.45, 7) is 1.14. The Kier molecular flexibility index (Phi) is 4.77. The van der Waals surface area contributed by atoms with Crippen molar-refractivity contribution in [3.8, 4) is 0 Å². The molecule has 2 aliphatic heterocycles. The lowest BCUT2D eigenvalue weighted by Crippen LogP contribution is -2.60. The molecule has 2 aliphatic rings. The first kappa shape index (κ1) is 19.7. The Morgan fingerprint density at radius 3 is 2.45 bits per heavy atom. The van der Waals surface area contributed by atoms with Crippen LogP contribution in [0.5, 0.6) is 0 Å². The Balaban J connectivity index is 1.66. The third kappa shape index (κ3) is 3.46. The molecular formula is C18H19N4O5S2+. The van der Waals surface area contributed by atoms with Gasteiger partial charge in [0.05, 0.1) is 18.0 Å². The predicted octanol–water partition coefficient (Wildman–Crippen LogP) is 2.03. The number of rotatable bonds is 3. The van der Waals surface area contributed by atoms with Crippen molar-refractivity contribution < 1.29 is 22.6 Å². The third-order valence-electron chi connectivity index (χ3n) is 5.19. The molecule has 0 bridgehead atoms. The average Bonchev–Trinajstić information content (AvgIpc) is 3.06. The van der Waals surface area contributed by atoms with Crippen LogP contribution in [0.1, 0.15) is 24.1 Å². The van der Waals surface area contributed by atoms with E-state index in [9.17, 15) is 18.0 Å². The van der Waals surface area contributed by atoms with Crippen LogP contribution in [0.4, 0.5) is 16.6 Å². The topological polar surface area (TPSA) is 139 Å². The van der Waals surface area contributed by atoms with Crippen LogP contribution in [-0.4, -0.2) is 42.9 Å². The third-order valence-corrected chi connectivity index (χ3v) is 6.87. The molecule has 1 saturated heterocycles. The van der Waals surface area contributed by atoms with E-state index in [0.717, 1.165) is 19.3 Å². The van der Waals surface area contributed by atoms with Gasteiger partial charge in [-0.2, -0.15) is 13.4 Å². The summed E-state index contributed by atoms with van der Waals surface area (Å²) in [5.74, 6) is -0.281. The van der Waals surface area contributed by atoms with Crippen molar-refractivity contribution in [1.29, 1.82) is 0 Å². The van der Waals surface area contributed by atoms with Crippen LogP contribution in [0.2, 0.25) is 0 Å². The van der Waals surface area contributed by atoms with E-state index in [2.05, 4.69) is 10.3 Å². The van der Waals surface area contributed by atoms with Crippen LogP contribution in [0.15, 0.2) is 34.7 Å². The number of thiazole rings is 1. The summed E-state index contributed by atoms with van der Waals surface area (Å²) in [7, 11) is -4.33. The smallest absolute Gasteiger partial charge is 0.357 e. The van der Waals surface area contributed by atoms with Gasteiger partial charge < -0.3 is 11.1 Å². The molecule has 1 fully saturated rings. The molecule has 152 valence electrons. The predicted molar refractivity (Wildman–Crippen MR) is 110 cm³/mol. The molecule has 4 N–H and O–H groups in total. The average molecular weight is 436 g/mol. The molecule has 0 radical (unpaired) electrons. The summed E-state index contributed by atoms with van der Waals surface area (Å²) in [4.78, 5) is 31.0. The maximum absolute atomic E-state index is 13.3. The van der Waals surface area contributed by atoms with E-state index in [1.807, 2.05) is 0 Å². The number of hydrogen-bond acceptors (Lipinski definition) is 7. The second kappa shape index (κ2) is 7.02. The molecule has 3 heterocycles. The minimum Gasteiger partial charge on any atom is -0.375 e. The number of piperidine rings is 1. The van der Waals surface area contributed by atoms with Gasteiger partial charge in [-0.1, -0.05) is 11.3 Å². The minimum absolute atomic E-state index is 0.00395. The largest absolute Gasteiger partial charge is 0.375 e. The Labute approximate surface area is 171 Å². The fourth-order valence-corrected chi connectivity index (χ4v) is 5.12. The fourth-order valence-electron chi connectivity index (χ4n) is 3.80. The van der Waals surface area contributed by atoms with Gasteiger partial charge in [0.25, 0.3) is 21.8 Å². The van der Waals surface area contributed by atoms with Crippen molar-refractivity contribution in [3.05, 3.63) is 34.7 Å². The molecule has 1 aromatic carbocycles. The first-order valence-corrected chi connectivity index (χ1v) is 11.3. The van der Waals surface area contributed by atoms with Crippen molar-refractivity contribution in [2.75, 3.05) is 24.1 Å². The van der Waals surface area contributed by atoms with Gasteiger partial charge in [0, 0.05) is 5.69 Å². The Morgan fingerprint density at radius 2 is 1.83 bits per heavy atom. The molecule has 2 aromatic rings. The Morgan fingerprint density at radius 1 is 1.17 bits per heavy atom. The maximum Gasteiger partial charge on any atom is 0.357 e. The molecular weight excluding hydrogens is 416 g/mol. The van der Waals surface area contributed by atoms with Crippen LogP contribution in [-0.2, 0) is 19.7 Å². The maximum atomic E-state index is 13.3. The van der Waals surface area contributed by atoms with Gasteiger partial charge in [0.2, 0.25) is 0 Å². The van der Waals surface area contributed by atoms with Crippen molar-refractivity contribution in [1.82, 2.24) is 9.47 Å². The van der Waals surface area contributed by atoms with E-state index >= 15 is 0 Å². The number of benzene rings is 1. The lowest BCUT2D eigenvalue weighted by Gasteiger charge is -2.38. The number of amides is 2. The lowest BCUT2D eigenvalue weighted by atomic mass is 10.00. The summed E-state index contributed by atoms with van der Waals surface area (Å²) in [5.41, 5.74) is 6.19. The standard InChI is InChI=1S/C18H18N4O5S2/c19-18-21-15-14(28-18)10-13(17(24)22(15)8-2-1-3-9-22)16(23)20-11-4-6-12(7-5-11)29(25,26)27/h4-7,10H,1-3,8-9H2,(H3-,19,20,21,23,24,25,26,27)/p+1. The molecule has 0 aliphatic carbocycles. The number of anilines is 2. The molecule has 11 heteroatoms. The molecule has 0 atom stereocenters. The number of fused-ring (bicyclic) bond motifs is 2. The lowest BCUT2D eigenvalue weighted by molar-refractivity contribution is -0.129. The molecule has 0 unspecified atom stereocenters. The summed E-state index contributed by atoms with van der Waals surface area (Å²) in [6.07, 6.45) is 4.25. The fraction of sp³-hybridized carbons (Fsp3) is 0.278. The first-order chi connectivity index (χ1) is 13.7. The number of aromatic nitrogens is 1. The molecule has 0 saturated carbocycles. The molecule has 2 amide bonds. The Bertz CT molecular complexity index is 1130. The highest BCUT2D eigenvalue weighted by molar-refractivity contribution is 7.85. The van der Waals surface area contributed by atoms with E-state index in [1.54, 1.807) is 0 Å². The summed E-state index contributed by atoms with van der Waals surface area (Å²) in [5, 5.41) is 2.97. The van der Waals surface area contributed by atoms with Crippen molar-refractivity contribution in [3.63, 3.8) is 0 Å². The molecule has 4 rings (SSSR count). The number of carbonyl (C=O) groups is 2. The van der Waals surface area contributed by atoms with Gasteiger partial charge in [0.15, 0.2) is 5.13 Å². The number of quaternary nitrogens is 1. The van der Waals surface area contributed by atoms with Crippen molar-refractivity contribution in [2.45, 2.75) is 24.2 Å². The normalized spacial score (nSPS) is 18.2. The van der Waals surface area contributed by atoms with Crippen LogP contribution < -0.4 is 15.5 Å². The summed E-state index contributed by atoms with van der Waals surface area (Å²) < 4.78 is 31.3. The number of nitrogens with one attached hydrogen (secondary N) is 1. The second-order valence-electron chi connectivity index (χ2n) is 7.03. The highest BCUT2D eigenvalue weighted by atomic mass is 32.2. The van der Waals surface area contributed by atoms with Gasteiger partial charge in [-0.25, -0.2) is 9.28 Å². The quantitative estimate of drug-likeness (QED) is 0.381. The van der Waals surface area contributed by atoms with Gasteiger partial charge in [-0.15, -0.1) is 0 Å². The number of hydrogen-bond donors (Lipinski definition) is 3.